The molecule has 0 saturated carbocycles. The van der Waals surface area contributed by atoms with E-state index in [1.807, 2.05) is 0 Å². The number of fused-ring (bicyclic) bond motifs is 3. The molecule has 2 atom stereocenters. The minimum absolute atomic E-state index is 0.0453. The summed E-state index contributed by atoms with van der Waals surface area (Å²) in [6.45, 7) is 18.3. The summed E-state index contributed by atoms with van der Waals surface area (Å²) in [6, 6.07) is 54.0. The van der Waals surface area contributed by atoms with Crippen LogP contribution in [0.4, 0.5) is 0 Å². The first-order valence-electron chi connectivity index (χ1n) is 18.9. The van der Waals surface area contributed by atoms with E-state index in [-0.39, 0.29) is 23.0 Å². The van der Waals surface area contributed by atoms with Gasteiger partial charge < -0.3 is 9.47 Å². The fourth-order valence-electron chi connectivity index (χ4n) is 7.27. The molecule has 0 amide bonds. The molecule has 53 heavy (non-hydrogen) atoms. The van der Waals surface area contributed by atoms with Crippen molar-refractivity contribution < 1.29 is 9.47 Å². The van der Waals surface area contributed by atoms with Crippen molar-refractivity contribution in [3.05, 3.63) is 157 Å². The highest BCUT2D eigenvalue weighted by atomic mass is 31.1. The van der Waals surface area contributed by atoms with E-state index in [2.05, 4.69) is 201 Å². The topological polar surface area (TPSA) is 18.5 Å². The van der Waals surface area contributed by atoms with Crippen LogP contribution in [0, 0.1) is 0 Å². The second-order valence-corrected chi connectivity index (χ2v) is 20.7. The van der Waals surface area contributed by atoms with Crippen molar-refractivity contribution in [2.75, 3.05) is 0 Å². The maximum atomic E-state index is 7.22. The second kappa shape index (κ2) is 15.3. The third-order valence-corrected chi connectivity index (χ3v) is 14.9. The maximum Gasteiger partial charge on any atom is 0.128 e. The third kappa shape index (κ3) is 8.01. The standard InChI is InChI=1S/C49H52O2P2/c1-34-29-35(2)51-43-31-37(49(6,7)8)33-45(53(40-25-17-11-18-26-40)41-27-19-12-20-28-41)47(43)46-42(50-34)30-36(48(3,4)5)32-44(46)52(38-21-13-9-14-22-38)39-23-15-10-16-24-39/h9-28,30-35H,29H2,1-8H3/t34-,35-/m1/s1. The van der Waals surface area contributed by atoms with Crippen molar-refractivity contribution in [2.24, 2.45) is 0 Å². The van der Waals surface area contributed by atoms with Gasteiger partial charge in [-0.05, 0) is 108 Å². The van der Waals surface area contributed by atoms with E-state index < -0.39 is 15.8 Å². The first-order chi connectivity index (χ1) is 25.4. The summed E-state index contributed by atoms with van der Waals surface area (Å²) >= 11 is 0. The quantitative estimate of drug-likeness (QED) is 0.159. The van der Waals surface area contributed by atoms with E-state index >= 15 is 0 Å². The molecule has 6 aromatic carbocycles. The van der Waals surface area contributed by atoms with Gasteiger partial charge in [0.15, 0.2) is 0 Å². The molecule has 0 N–H and O–H groups in total. The molecule has 1 heterocycles. The lowest BCUT2D eigenvalue weighted by Gasteiger charge is -2.32. The van der Waals surface area contributed by atoms with Gasteiger partial charge in [-0.15, -0.1) is 0 Å². The summed E-state index contributed by atoms with van der Waals surface area (Å²) < 4.78 is 14.4. The van der Waals surface area contributed by atoms with Gasteiger partial charge in [0.1, 0.15) is 11.5 Å². The number of ether oxygens (including phenoxy) is 2. The first-order valence-corrected chi connectivity index (χ1v) is 21.6. The summed E-state index contributed by atoms with van der Waals surface area (Å²) in [5.41, 5.74) is 4.65. The number of benzene rings is 6. The SMILES string of the molecule is C[C@@H]1C[C@@H](C)Oc2cc(C(C)(C)C)cc(P(c3ccccc3)c3ccccc3)c2-c2c(cc(C(C)(C)C)cc2P(c2ccccc2)c2ccccc2)O1. The summed E-state index contributed by atoms with van der Waals surface area (Å²) in [4.78, 5) is 0. The van der Waals surface area contributed by atoms with Gasteiger partial charge in [0.2, 0.25) is 0 Å². The number of hydrogen-bond donors (Lipinski definition) is 0. The monoisotopic (exact) mass is 734 g/mol. The fraction of sp³-hybridized carbons (Fsp3) is 0.265. The molecule has 0 bridgehead atoms. The lowest BCUT2D eigenvalue weighted by atomic mass is 9.84. The van der Waals surface area contributed by atoms with E-state index in [0.29, 0.717) is 0 Å². The summed E-state index contributed by atoms with van der Waals surface area (Å²) in [7, 11) is -2.00. The first kappa shape index (κ1) is 37.1. The van der Waals surface area contributed by atoms with Gasteiger partial charge in [-0.2, -0.15) is 0 Å². The van der Waals surface area contributed by atoms with Crippen LogP contribution >= 0.6 is 15.8 Å². The molecule has 1 aliphatic rings. The predicted molar refractivity (Wildman–Crippen MR) is 231 cm³/mol. The van der Waals surface area contributed by atoms with Crippen molar-refractivity contribution in [2.45, 2.75) is 84.8 Å². The zero-order chi connectivity index (χ0) is 37.3. The summed E-state index contributed by atoms with van der Waals surface area (Å²) in [6.07, 6.45) is 0.689. The maximum absolute atomic E-state index is 7.22. The Balaban J connectivity index is 1.69. The van der Waals surface area contributed by atoms with Gasteiger partial charge in [0, 0.05) is 17.5 Å². The van der Waals surface area contributed by atoms with Gasteiger partial charge in [-0.1, -0.05) is 163 Å². The van der Waals surface area contributed by atoms with Crippen LogP contribution in [0.3, 0.4) is 0 Å². The largest absolute Gasteiger partial charge is 0.490 e. The summed E-state index contributed by atoms with van der Waals surface area (Å²) in [5.74, 6) is 1.89. The normalized spacial score (nSPS) is 16.1. The highest BCUT2D eigenvalue weighted by molar-refractivity contribution is 7.80. The van der Waals surface area contributed by atoms with Crippen LogP contribution in [-0.2, 0) is 10.8 Å². The van der Waals surface area contributed by atoms with Crippen molar-refractivity contribution in [1.29, 1.82) is 0 Å². The van der Waals surface area contributed by atoms with Gasteiger partial charge in [-0.25, -0.2) is 0 Å². The zero-order valence-electron chi connectivity index (χ0n) is 32.4. The van der Waals surface area contributed by atoms with Crippen molar-refractivity contribution in [3.63, 3.8) is 0 Å². The van der Waals surface area contributed by atoms with Crippen molar-refractivity contribution >= 4 is 47.7 Å². The van der Waals surface area contributed by atoms with Gasteiger partial charge >= 0.3 is 0 Å². The molecule has 1 aliphatic heterocycles. The molecular weight excluding hydrogens is 682 g/mol. The Morgan fingerprint density at radius 2 is 0.717 bits per heavy atom. The van der Waals surface area contributed by atoms with Crippen LogP contribution in [-0.4, -0.2) is 12.2 Å². The molecule has 7 rings (SSSR count). The fourth-order valence-corrected chi connectivity index (χ4v) is 12.3. The average Bonchev–Trinajstić information content (AvgIpc) is 3.18. The van der Waals surface area contributed by atoms with Gasteiger partial charge in [-0.3, -0.25) is 0 Å². The van der Waals surface area contributed by atoms with Crippen LogP contribution in [0.1, 0.15) is 72.9 Å². The van der Waals surface area contributed by atoms with Crippen LogP contribution in [0.2, 0.25) is 0 Å². The van der Waals surface area contributed by atoms with E-state index in [1.54, 1.807) is 0 Å². The minimum atomic E-state index is -1.00. The predicted octanol–water partition coefficient (Wildman–Crippen LogP) is 10.4. The lowest BCUT2D eigenvalue weighted by Crippen LogP contribution is -2.29. The van der Waals surface area contributed by atoms with Crippen LogP contribution in [0.5, 0.6) is 11.5 Å². The van der Waals surface area contributed by atoms with E-state index in [1.165, 1.54) is 43.0 Å². The Hall–Kier alpha value is -4.22. The lowest BCUT2D eigenvalue weighted by molar-refractivity contribution is 0.134. The van der Waals surface area contributed by atoms with Gasteiger partial charge in [0.05, 0.1) is 12.2 Å². The van der Waals surface area contributed by atoms with Gasteiger partial charge in [0.25, 0.3) is 0 Å². The third-order valence-electron chi connectivity index (χ3n) is 10.0. The zero-order valence-corrected chi connectivity index (χ0v) is 34.2. The van der Waals surface area contributed by atoms with Crippen molar-refractivity contribution in [3.8, 4) is 22.6 Å². The Kier molecular flexibility index (Phi) is 10.7. The highest BCUT2D eigenvalue weighted by Gasteiger charge is 2.35. The van der Waals surface area contributed by atoms with E-state index in [4.69, 9.17) is 9.47 Å². The molecule has 270 valence electrons. The second-order valence-electron chi connectivity index (χ2n) is 16.3. The van der Waals surface area contributed by atoms with Crippen LogP contribution < -0.4 is 41.3 Å². The molecule has 0 unspecified atom stereocenters. The van der Waals surface area contributed by atoms with Crippen molar-refractivity contribution in [1.82, 2.24) is 0 Å². The Labute approximate surface area is 320 Å². The number of hydrogen-bond acceptors (Lipinski definition) is 2. The summed E-state index contributed by atoms with van der Waals surface area (Å²) in [5, 5.41) is 7.84. The molecule has 0 aromatic heterocycles. The average molecular weight is 735 g/mol. The molecule has 0 saturated heterocycles. The molecule has 2 nitrogen and oxygen atoms in total. The Morgan fingerprint density at radius 3 is 0.981 bits per heavy atom. The number of rotatable bonds is 6. The molecule has 0 radical (unpaired) electrons. The minimum Gasteiger partial charge on any atom is -0.490 e. The Bertz CT molecular complexity index is 1920. The van der Waals surface area contributed by atoms with E-state index in [9.17, 15) is 0 Å². The molecule has 0 fully saturated rings. The van der Waals surface area contributed by atoms with Crippen LogP contribution in [0.25, 0.3) is 11.1 Å². The van der Waals surface area contributed by atoms with Crippen LogP contribution in [0.15, 0.2) is 146 Å². The molecule has 0 spiro atoms. The Morgan fingerprint density at radius 1 is 0.434 bits per heavy atom. The highest BCUT2D eigenvalue weighted by Crippen LogP contribution is 2.50. The smallest absolute Gasteiger partial charge is 0.128 e. The molecule has 6 aromatic rings. The molecular formula is C49H52O2P2. The molecule has 4 heteroatoms. The van der Waals surface area contributed by atoms with E-state index in [0.717, 1.165) is 29.0 Å². The molecule has 0 aliphatic carbocycles.